The molecule has 0 amide bonds. The predicted molar refractivity (Wildman–Crippen MR) is 63.8 cm³/mol. The van der Waals surface area contributed by atoms with Crippen LogP contribution in [0.25, 0.3) is 0 Å². The molecule has 1 aliphatic rings. The molecule has 0 saturated carbocycles. The van der Waals surface area contributed by atoms with Gasteiger partial charge in [0, 0.05) is 26.2 Å². The summed E-state index contributed by atoms with van der Waals surface area (Å²) in [6.45, 7) is 5.20. The standard InChI is InChI=1S/C13H16FN3/c1-13(10-15,17-7-5-16-6-8-17)11-3-2-4-12(14)9-11/h2-4,9,16H,5-8H2,1H3. The molecular weight excluding hydrogens is 217 g/mol. The monoisotopic (exact) mass is 233 g/mol. The van der Waals surface area contributed by atoms with Crippen LogP contribution in [0.1, 0.15) is 12.5 Å². The molecule has 0 aromatic heterocycles. The Hall–Kier alpha value is -1.44. The van der Waals surface area contributed by atoms with E-state index in [9.17, 15) is 9.65 Å². The molecule has 1 atom stereocenters. The summed E-state index contributed by atoms with van der Waals surface area (Å²) in [5.41, 5.74) is -0.0219. The summed E-state index contributed by atoms with van der Waals surface area (Å²) in [7, 11) is 0. The van der Waals surface area contributed by atoms with Crippen LogP contribution in [0.2, 0.25) is 0 Å². The fraction of sp³-hybridized carbons (Fsp3) is 0.462. The van der Waals surface area contributed by atoms with E-state index in [1.807, 2.05) is 13.0 Å². The van der Waals surface area contributed by atoms with Crippen molar-refractivity contribution in [1.29, 1.82) is 5.26 Å². The van der Waals surface area contributed by atoms with E-state index in [-0.39, 0.29) is 5.82 Å². The first-order valence-electron chi connectivity index (χ1n) is 5.80. The number of nitrogens with zero attached hydrogens (tertiary/aromatic N) is 2. The van der Waals surface area contributed by atoms with Gasteiger partial charge in [-0.25, -0.2) is 4.39 Å². The molecule has 1 aromatic rings. The quantitative estimate of drug-likeness (QED) is 0.840. The topological polar surface area (TPSA) is 39.1 Å². The predicted octanol–water partition coefficient (Wildman–Crippen LogP) is 1.47. The average molecular weight is 233 g/mol. The zero-order chi connectivity index (χ0) is 12.3. The number of hydrogen-bond acceptors (Lipinski definition) is 3. The van der Waals surface area contributed by atoms with Gasteiger partial charge in [0.15, 0.2) is 0 Å². The second-order valence-electron chi connectivity index (χ2n) is 4.43. The largest absolute Gasteiger partial charge is 0.314 e. The summed E-state index contributed by atoms with van der Waals surface area (Å²) in [4.78, 5) is 2.10. The number of hydrogen-bond donors (Lipinski definition) is 1. The van der Waals surface area contributed by atoms with E-state index in [1.54, 1.807) is 6.07 Å². The summed E-state index contributed by atoms with van der Waals surface area (Å²) >= 11 is 0. The van der Waals surface area contributed by atoms with Crippen LogP contribution >= 0.6 is 0 Å². The Bertz CT molecular complexity index is 435. The fourth-order valence-corrected chi connectivity index (χ4v) is 2.22. The summed E-state index contributed by atoms with van der Waals surface area (Å²) in [6, 6.07) is 8.64. The lowest BCUT2D eigenvalue weighted by molar-refractivity contribution is 0.132. The Morgan fingerprint density at radius 3 is 2.71 bits per heavy atom. The van der Waals surface area contributed by atoms with Gasteiger partial charge in [-0.3, -0.25) is 4.90 Å². The fourth-order valence-electron chi connectivity index (χ4n) is 2.22. The molecule has 1 saturated heterocycles. The number of nitriles is 1. The number of nitrogens with one attached hydrogen (secondary N) is 1. The van der Waals surface area contributed by atoms with Crippen LogP contribution in [-0.2, 0) is 5.54 Å². The molecule has 0 spiro atoms. The van der Waals surface area contributed by atoms with Crippen molar-refractivity contribution in [2.45, 2.75) is 12.5 Å². The maximum absolute atomic E-state index is 13.3. The van der Waals surface area contributed by atoms with Crippen molar-refractivity contribution < 1.29 is 4.39 Å². The Morgan fingerprint density at radius 2 is 2.12 bits per heavy atom. The second-order valence-corrected chi connectivity index (χ2v) is 4.43. The zero-order valence-electron chi connectivity index (χ0n) is 9.91. The van der Waals surface area contributed by atoms with E-state index in [0.29, 0.717) is 0 Å². The second kappa shape index (κ2) is 4.82. The summed E-state index contributed by atoms with van der Waals surface area (Å²) in [6.07, 6.45) is 0. The van der Waals surface area contributed by atoms with Gasteiger partial charge in [0.1, 0.15) is 11.4 Å². The van der Waals surface area contributed by atoms with Gasteiger partial charge in [-0.05, 0) is 24.6 Å². The van der Waals surface area contributed by atoms with Gasteiger partial charge >= 0.3 is 0 Å². The van der Waals surface area contributed by atoms with Gasteiger partial charge in [0.25, 0.3) is 0 Å². The van der Waals surface area contributed by atoms with E-state index < -0.39 is 5.54 Å². The average Bonchev–Trinajstić information content (AvgIpc) is 2.39. The number of benzene rings is 1. The van der Waals surface area contributed by atoms with Gasteiger partial charge in [-0.2, -0.15) is 5.26 Å². The maximum Gasteiger partial charge on any atom is 0.132 e. The SMILES string of the molecule is CC(C#N)(c1cccc(F)c1)N1CCNCC1. The lowest BCUT2D eigenvalue weighted by Crippen LogP contribution is -2.52. The third kappa shape index (κ3) is 2.31. The highest BCUT2D eigenvalue weighted by molar-refractivity contribution is 5.31. The number of piperazine rings is 1. The first kappa shape index (κ1) is 12.0. The molecule has 0 radical (unpaired) electrons. The van der Waals surface area contributed by atoms with Crippen LogP contribution in [0.3, 0.4) is 0 Å². The summed E-state index contributed by atoms with van der Waals surface area (Å²) in [5, 5.41) is 12.7. The minimum Gasteiger partial charge on any atom is -0.314 e. The molecule has 0 bridgehead atoms. The van der Waals surface area contributed by atoms with E-state index in [4.69, 9.17) is 0 Å². The van der Waals surface area contributed by atoms with Gasteiger partial charge in [-0.1, -0.05) is 12.1 Å². The van der Waals surface area contributed by atoms with Crippen molar-refractivity contribution in [3.05, 3.63) is 35.6 Å². The van der Waals surface area contributed by atoms with Crippen molar-refractivity contribution in [1.82, 2.24) is 10.2 Å². The number of halogens is 1. The molecule has 1 aromatic carbocycles. The van der Waals surface area contributed by atoms with Crippen LogP contribution in [0, 0.1) is 17.1 Å². The maximum atomic E-state index is 13.3. The van der Waals surface area contributed by atoms with Crippen LogP contribution < -0.4 is 5.32 Å². The Labute approximate surface area is 101 Å². The lowest BCUT2D eigenvalue weighted by atomic mass is 9.91. The van der Waals surface area contributed by atoms with E-state index in [0.717, 1.165) is 31.7 Å². The molecule has 1 N–H and O–H groups in total. The Balaban J connectivity index is 2.33. The van der Waals surface area contributed by atoms with Crippen molar-refractivity contribution in [2.75, 3.05) is 26.2 Å². The minimum absolute atomic E-state index is 0.292. The Kier molecular flexibility index (Phi) is 3.41. The zero-order valence-corrected chi connectivity index (χ0v) is 9.91. The molecule has 0 aliphatic carbocycles. The van der Waals surface area contributed by atoms with E-state index >= 15 is 0 Å². The molecule has 3 nitrogen and oxygen atoms in total. The lowest BCUT2D eigenvalue weighted by Gasteiger charge is -2.39. The Morgan fingerprint density at radius 1 is 1.41 bits per heavy atom. The molecule has 1 unspecified atom stereocenters. The number of rotatable bonds is 2. The van der Waals surface area contributed by atoms with E-state index in [2.05, 4.69) is 16.3 Å². The highest BCUT2D eigenvalue weighted by Crippen LogP contribution is 2.28. The molecule has 17 heavy (non-hydrogen) atoms. The van der Waals surface area contributed by atoms with E-state index in [1.165, 1.54) is 12.1 Å². The first-order chi connectivity index (χ1) is 8.16. The summed E-state index contributed by atoms with van der Waals surface area (Å²) in [5.74, 6) is -0.292. The minimum atomic E-state index is -0.746. The van der Waals surface area contributed by atoms with Gasteiger partial charge < -0.3 is 5.32 Å². The van der Waals surface area contributed by atoms with Crippen molar-refractivity contribution in [3.8, 4) is 6.07 Å². The molecule has 1 fully saturated rings. The van der Waals surface area contributed by atoms with Crippen molar-refractivity contribution in [2.24, 2.45) is 0 Å². The summed E-state index contributed by atoms with van der Waals surface area (Å²) < 4.78 is 13.3. The molecule has 1 aliphatic heterocycles. The molecular formula is C13H16FN3. The van der Waals surface area contributed by atoms with Crippen molar-refractivity contribution >= 4 is 0 Å². The third-order valence-corrected chi connectivity index (χ3v) is 3.35. The first-order valence-corrected chi connectivity index (χ1v) is 5.80. The third-order valence-electron chi connectivity index (χ3n) is 3.35. The van der Waals surface area contributed by atoms with Crippen molar-refractivity contribution in [3.63, 3.8) is 0 Å². The molecule has 1 heterocycles. The van der Waals surface area contributed by atoms with Gasteiger partial charge in [0.2, 0.25) is 0 Å². The van der Waals surface area contributed by atoms with Crippen LogP contribution in [0.15, 0.2) is 24.3 Å². The molecule has 90 valence electrons. The van der Waals surface area contributed by atoms with Crippen LogP contribution in [0.4, 0.5) is 4.39 Å². The van der Waals surface area contributed by atoms with Gasteiger partial charge in [0.05, 0.1) is 6.07 Å². The molecule has 2 rings (SSSR count). The van der Waals surface area contributed by atoms with Crippen LogP contribution in [-0.4, -0.2) is 31.1 Å². The highest BCUT2D eigenvalue weighted by atomic mass is 19.1. The van der Waals surface area contributed by atoms with Gasteiger partial charge in [-0.15, -0.1) is 0 Å². The smallest absolute Gasteiger partial charge is 0.132 e. The molecule has 4 heteroatoms. The normalized spacial score (nSPS) is 20.5. The van der Waals surface area contributed by atoms with Crippen LogP contribution in [0.5, 0.6) is 0 Å². The highest BCUT2D eigenvalue weighted by Gasteiger charge is 2.34.